The third-order valence-corrected chi connectivity index (χ3v) is 9.39. The SMILES string of the molecule is C=CCCC1=C(C)C2c3ccccc3C1(C#N)CC2(C)C(=O)Nc1nc(Cc2ccc(OCCCC)cc2)cs1. The topological polar surface area (TPSA) is 75.0 Å². The highest BCUT2D eigenvalue weighted by atomic mass is 32.1. The second-order valence-electron chi connectivity index (χ2n) is 11.2. The minimum Gasteiger partial charge on any atom is -0.494 e. The maximum absolute atomic E-state index is 14.0. The predicted molar refractivity (Wildman–Crippen MR) is 162 cm³/mol. The molecule has 6 heteroatoms. The lowest BCUT2D eigenvalue weighted by Gasteiger charge is -2.55. The molecule has 6 rings (SSSR count). The molecule has 2 bridgehead atoms. The highest BCUT2D eigenvalue weighted by molar-refractivity contribution is 7.13. The zero-order chi connectivity index (χ0) is 28.3. The first-order valence-electron chi connectivity index (χ1n) is 14.2. The maximum atomic E-state index is 14.0. The first-order chi connectivity index (χ1) is 19.4. The molecule has 0 fully saturated rings. The number of hydrogen-bond donors (Lipinski definition) is 1. The van der Waals surface area contributed by atoms with E-state index in [0.29, 0.717) is 18.0 Å². The van der Waals surface area contributed by atoms with Gasteiger partial charge in [0.1, 0.15) is 11.2 Å². The van der Waals surface area contributed by atoms with Crippen molar-refractivity contribution in [2.75, 3.05) is 11.9 Å². The minimum atomic E-state index is -0.815. The summed E-state index contributed by atoms with van der Waals surface area (Å²) >= 11 is 1.44. The van der Waals surface area contributed by atoms with Gasteiger partial charge in [-0.1, -0.05) is 61.4 Å². The second-order valence-corrected chi connectivity index (χ2v) is 12.1. The molecule has 5 nitrogen and oxygen atoms in total. The number of unbranched alkanes of at least 4 members (excludes halogenated alkanes) is 1. The lowest BCUT2D eigenvalue weighted by atomic mass is 9.46. The van der Waals surface area contributed by atoms with E-state index < -0.39 is 10.8 Å². The summed E-state index contributed by atoms with van der Waals surface area (Å²) in [5, 5.41) is 16.4. The van der Waals surface area contributed by atoms with Gasteiger partial charge >= 0.3 is 0 Å². The summed E-state index contributed by atoms with van der Waals surface area (Å²) in [4.78, 5) is 18.8. The Bertz CT molecular complexity index is 1480. The van der Waals surface area contributed by atoms with Crippen LogP contribution in [0.4, 0.5) is 5.13 Å². The van der Waals surface area contributed by atoms with E-state index in [-0.39, 0.29) is 11.8 Å². The van der Waals surface area contributed by atoms with Crippen molar-refractivity contribution < 1.29 is 9.53 Å². The zero-order valence-electron chi connectivity index (χ0n) is 23.6. The van der Waals surface area contributed by atoms with Crippen LogP contribution in [0.5, 0.6) is 5.75 Å². The lowest BCUT2D eigenvalue weighted by molar-refractivity contribution is -0.127. The van der Waals surface area contributed by atoms with Crippen LogP contribution >= 0.6 is 11.3 Å². The summed E-state index contributed by atoms with van der Waals surface area (Å²) in [7, 11) is 0. The van der Waals surface area contributed by atoms with Crippen molar-refractivity contribution in [1.29, 1.82) is 5.26 Å². The molecule has 1 heterocycles. The van der Waals surface area contributed by atoms with Crippen LogP contribution < -0.4 is 10.1 Å². The number of carbonyl (C=O) groups is 1. The van der Waals surface area contributed by atoms with Crippen molar-refractivity contribution in [1.82, 2.24) is 4.98 Å². The Morgan fingerprint density at radius 1 is 1.27 bits per heavy atom. The molecule has 3 aliphatic rings. The number of rotatable bonds is 11. The van der Waals surface area contributed by atoms with Gasteiger partial charge in [0.05, 0.1) is 23.8 Å². The van der Waals surface area contributed by atoms with Crippen molar-refractivity contribution in [3.63, 3.8) is 0 Å². The number of thiazole rings is 1. The van der Waals surface area contributed by atoms with Crippen molar-refractivity contribution in [3.8, 4) is 11.8 Å². The van der Waals surface area contributed by atoms with Crippen molar-refractivity contribution in [2.24, 2.45) is 5.41 Å². The van der Waals surface area contributed by atoms with Gasteiger partial charge in [-0.3, -0.25) is 4.79 Å². The summed E-state index contributed by atoms with van der Waals surface area (Å²) in [6.07, 6.45) is 6.80. The Kier molecular flexibility index (Phi) is 7.96. The van der Waals surface area contributed by atoms with Crippen LogP contribution in [-0.2, 0) is 16.6 Å². The van der Waals surface area contributed by atoms with Gasteiger partial charge in [-0.15, -0.1) is 17.9 Å². The van der Waals surface area contributed by atoms with E-state index in [1.807, 2.05) is 42.6 Å². The summed E-state index contributed by atoms with van der Waals surface area (Å²) in [6, 6.07) is 19.0. The molecule has 206 valence electrons. The summed E-state index contributed by atoms with van der Waals surface area (Å²) < 4.78 is 5.77. The van der Waals surface area contributed by atoms with Gasteiger partial charge in [0, 0.05) is 17.7 Å². The highest BCUT2D eigenvalue weighted by Crippen LogP contribution is 2.64. The molecule has 3 aliphatic carbocycles. The fourth-order valence-electron chi connectivity index (χ4n) is 6.69. The highest BCUT2D eigenvalue weighted by Gasteiger charge is 2.60. The van der Waals surface area contributed by atoms with E-state index in [0.717, 1.165) is 71.6 Å². The quantitative estimate of drug-likeness (QED) is 0.193. The number of carbonyl (C=O) groups excluding carboxylic acids is 1. The van der Waals surface area contributed by atoms with E-state index >= 15 is 0 Å². The minimum absolute atomic E-state index is 0.0803. The second kappa shape index (κ2) is 11.4. The first kappa shape index (κ1) is 27.9. The van der Waals surface area contributed by atoms with Crippen molar-refractivity contribution in [3.05, 3.63) is 100 Å². The van der Waals surface area contributed by atoms with Crippen LogP contribution in [-0.4, -0.2) is 17.5 Å². The summed E-state index contributed by atoms with van der Waals surface area (Å²) in [5.74, 6) is 0.714. The van der Waals surface area contributed by atoms with Crippen LogP contribution in [0.15, 0.2) is 77.7 Å². The Morgan fingerprint density at radius 2 is 2.05 bits per heavy atom. The molecule has 1 N–H and O–H groups in total. The van der Waals surface area contributed by atoms with Gasteiger partial charge in [-0.2, -0.15) is 5.26 Å². The van der Waals surface area contributed by atoms with E-state index in [1.165, 1.54) is 11.3 Å². The van der Waals surface area contributed by atoms with Gasteiger partial charge in [0.15, 0.2) is 5.13 Å². The van der Waals surface area contributed by atoms with Gasteiger partial charge in [-0.25, -0.2) is 4.98 Å². The van der Waals surface area contributed by atoms with E-state index in [9.17, 15) is 10.1 Å². The normalized spacial score (nSPS) is 22.9. The number of nitrogens with one attached hydrogen (secondary N) is 1. The van der Waals surface area contributed by atoms with Crippen molar-refractivity contribution in [2.45, 2.75) is 70.6 Å². The fraction of sp³-hybridized carbons (Fsp3) is 0.382. The third-order valence-electron chi connectivity index (χ3n) is 8.58. The molecule has 0 saturated heterocycles. The standard InChI is InChI=1S/C34H37N3O2S/c1-5-7-12-28-23(3)30-27-11-9-10-13-29(27)34(28,22-35)21-33(30,4)31(38)37-32-36-25(20-40-32)19-24-14-16-26(17-15-24)39-18-8-6-2/h5,9-11,13-17,20,30H,1,6-8,12,18-19,21H2,2-4H3,(H,36,37,38). The van der Waals surface area contributed by atoms with Gasteiger partial charge in [-0.05, 0) is 73.9 Å². The molecule has 0 radical (unpaired) electrons. The van der Waals surface area contributed by atoms with E-state index in [1.54, 1.807) is 0 Å². The van der Waals surface area contributed by atoms with Crippen LogP contribution in [0.2, 0.25) is 0 Å². The molecule has 3 atom stereocenters. The number of aromatic nitrogens is 1. The van der Waals surface area contributed by atoms with Crippen LogP contribution in [0, 0.1) is 16.7 Å². The van der Waals surface area contributed by atoms with E-state index in [4.69, 9.17) is 9.72 Å². The van der Waals surface area contributed by atoms with Gasteiger partial charge in [0.25, 0.3) is 0 Å². The number of benzene rings is 2. The fourth-order valence-corrected chi connectivity index (χ4v) is 7.39. The number of ether oxygens (including phenoxy) is 1. The Morgan fingerprint density at radius 3 is 2.77 bits per heavy atom. The molecule has 40 heavy (non-hydrogen) atoms. The number of hydrogen-bond acceptors (Lipinski definition) is 5. The molecular weight excluding hydrogens is 514 g/mol. The summed E-state index contributed by atoms with van der Waals surface area (Å²) in [6.45, 7) is 10.9. The molecule has 2 aromatic carbocycles. The molecule has 0 saturated carbocycles. The van der Waals surface area contributed by atoms with Crippen LogP contribution in [0.1, 0.15) is 81.2 Å². The average molecular weight is 552 g/mol. The van der Waals surface area contributed by atoms with Crippen LogP contribution in [0.3, 0.4) is 0 Å². The Labute approximate surface area is 241 Å². The number of nitrogens with zero attached hydrogens (tertiary/aromatic N) is 2. The maximum Gasteiger partial charge on any atom is 0.233 e. The molecule has 3 unspecified atom stereocenters. The monoisotopic (exact) mass is 551 g/mol. The smallest absolute Gasteiger partial charge is 0.233 e. The molecule has 1 amide bonds. The van der Waals surface area contributed by atoms with E-state index in [2.05, 4.69) is 56.1 Å². The van der Waals surface area contributed by atoms with Gasteiger partial charge in [0.2, 0.25) is 5.91 Å². The number of allylic oxidation sites excluding steroid dienone is 3. The predicted octanol–water partition coefficient (Wildman–Crippen LogP) is 8.10. The van der Waals surface area contributed by atoms with Crippen molar-refractivity contribution >= 4 is 22.4 Å². The molecule has 1 aromatic heterocycles. The summed E-state index contributed by atoms with van der Waals surface area (Å²) in [5.41, 5.74) is 4.91. The molecule has 0 spiro atoms. The Hall–Kier alpha value is -3.69. The van der Waals surface area contributed by atoms with Gasteiger partial charge < -0.3 is 10.1 Å². The zero-order valence-corrected chi connectivity index (χ0v) is 24.4. The average Bonchev–Trinajstić information content (AvgIpc) is 3.40. The largest absolute Gasteiger partial charge is 0.494 e. The lowest BCUT2D eigenvalue weighted by Crippen LogP contribution is -2.53. The number of fused-ring (bicyclic) bond motifs is 1. The molecular formula is C34H37N3O2S. The Balaban J connectivity index is 1.35. The molecule has 0 aliphatic heterocycles. The van der Waals surface area contributed by atoms with Crippen LogP contribution in [0.25, 0.3) is 0 Å². The number of amides is 1. The number of anilines is 1. The third kappa shape index (κ3) is 4.88. The molecule has 3 aromatic rings. The first-order valence-corrected chi connectivity index (χ1v) is 15.0. The number of nitriles is 1.